The van der Waals surface area contributed by atoms with Crippen LogP contribution < -0.4 is 5.73 Å². The molecule has 0 aromatic carbocycles. The number of nitrogens with two attached hydrogens (primary N) is 1. The fourth-order valence-electron chi connectivity index (χ4n) is 0.423. The van der Waals surface area contributed by atoms with Crippen molar-refractivity contribution >= 4 is 5.91 Å². The third-order valence-electron chi connectivity index (χ3n) is 1.02. The Morgan fingerprint density at radius 2 is 2.30 bits per heavy atom. The Bertz CT molecular complexity index is 153. The van der Waals surface area contributed by atoms with Crippen molar-refractivity contribution in [2.75, 3.05) is 6.61 Å². The van der Waals surface area contributed by atoms with Crippen molar-refractivity contribution in [1.82, 2.24) is 0 Å². The molecule has 0 aliphatic heterocycles. The Morgan fingerprint density at radius 3 is 2.60 bits per heavy atom. The molecular formula is C6H11NO3. The Labute approximate surface area is 59.0 Å². The van der Waals surface area contributed by atoms with Crippen LogP contribution in [0.1, 0.15) is 6.92 Å². The molecule has 1 amide bonds. The largest absolute Gasteiger partial charge is 0.393 e. The van der Waals surface area contributed by atoms with Gasteiger partial charge in [-0.2, -0.15) is 0 Å². The summed E-state index contributed by atoms with van der Waals surface area (Å²) in [7, 11) is 0. The van der Waals surface area contributed by atoms with E-state index in [1.807, 2.05) is 0 Å². The molecule has 0 aromatic heterocycles. The first-order valence-electron chi connectivity index (χ1n) is 2.85. The van der Waals surface area contributed by atoms with E-state index in [4.69, 9.17) is 15.9 Å². The van der Waals surface area contributed by atoms with E-state index in [0.717, 1.165) is 0 Å². The fraction of sp³-hybridized carbons (Fsp3) is 0.500. The Kier molecular flexibility index (Phi) is 3.68. The zero-order valence-electron chi connectivity index (χ0n) is 5.74. The number of rotatable bonds is 3. The lowest BCUT2D eigenvalue weighted by molar-refractivity contribution is -0.114. The zero-order valence-corrected chi connectivity index (χ0v) is 5.74. The molecule has 4 heteroatoms. The van der Waals surface area contributed by atoms with Gasteiger partial charge in [0.15, 0.2) is 0 Å². The molecule has 0 saturated heterocycles. The van der Waals surface area contributed by atoms with Gasteiger partial charge in [-0.05, 0) is 13.0 Å². The Hall–Kier alpha value is -0.870. The van der Waals surface area contributed by atoms with Gasteiger partial charge in [0.1, 0.15) is 0 Å². The standard InChI is InChI=1S/C6H11NO3/c1-4(6(7)10)2-5(9)3-8/h2,5,8-9H,3H2,1H3,(H2,7,10). The van der Waals surface area contributed by atoms with Crippen LogP contribution in [-0.2, 0) is 4.79 Å². The molecule has 0 bridgehead atoms. The molecule has 0 heterocycles. The first-order valence-corrected chi connectivity index (χ1v) is 2.85. The molecule has 0 aliphatic rings. The molecule has 0 fully saturated rings. The number of carbonyl (C=O) groups is 1. The number of aliphatic hydroxyl groups excluding tert-OH is 2. The molecule has 4 nitrogen and oxygen atoms in total. The van der Waals surface area contributed by atoms with Gasteiger partial charge in [-0.15, -0.1) is 0 Å². The second-order valence-corrected chi connectivity index (χ2v) is 1.96. The van der Waals surface area contributed by atoms with Crippen molar-refractivity contribution in [3.05, 3.63) is 11.6 Å². The highest BCUT2D eigenvalue weighted by Crippen LogP contribution is 1.93. The van der Waals surface area contributed by atoms with Crippen LogP contribution in [0.4, 0.5) is 0 Å². The number of hydrogen-bond acceptors (Lipinski definition) is 3. The quantitative estimate of drug-likeness (QED) is 0.435. The zero-order chi connectivity index (χ0) is 8.15. The van der Waals surface area contributed by atoms with E-state index in [9.17, 15) is 4.79 Å². The van der Waals surface area contributed by atoms with Gasteiger partial charge in [0, 0.05) is 5.57 Å². The third-order valence-corrected chi connectivity index (χ3v) is 1.02. The predicted octanol–water partition coefficient (Wildman–Crippen LogP) is -1.23. The van der Waals surface area contributed by atoms with Crippen LogP contribution in [0.5, 0.6) is 0 Å². The maximum atomic E-state index is 10.3. The minimum Gasteiger partial charge on any atom is -0.393 e. The summed E-state index contributed by atoms with van der Waals surface area (Å²) in [6.45, 7) is 1.08. The monoisotopic (exact) mass is 145 g/mol. The number of primary amides is 1. The third kappa shape index (κ3) is 3.21. The molecule has 0 aromatic rings. The predicted molar refractivity (Wildman–Crippen MR) is 36.0 cm³/mol. The number of amides is 1. The van der Waals surface area contributed by atoms with Gasteiger partial charge in [0.2, 0.25) is 5.91 Å². The van der Waals surface area contributed by atoms with Gasteiger partial charge in [-0.1, -0.05) is 0 Å². The topological polar surface area (TPSA) is 83.6 Å². The smallest absolute Gasteiger partial charge is 0.244 e. The summed E-state index contributed by atoms with van der Waals surface area (Å²) in [6.07, 6.45) is 0.218. The average Bonchev–Trinajstić information content (AvgIpc) is 1.87. The summed E-state index contributed by atoms with van der Waals surface area (Å²) >= 11 is 0. The molecule has 10 heavy (non-hydrogen) atoms. The Morgan fingerprint density at radius 1 is 1.80 bits per heavy atom. The van der Waals surface area contributed by atoms with Gasteiger partial charge < -0.3 is 15.9 Å². The van der Waals surface area contributed by atoms with E-state index < -0.39 is 18.6 Å². The van der Waals surface area contributed by atoms with Crippen molar-refractivity contribution in [3.63, 3.8) is 0 Å². The van der Waals surface area contributed by atoms with Crippen LogP contribution in [0.3, 0.4) is 0 Å². The highest BCUT2D eigenvalue weighted by molar-refractivity contribution is 5.91. The lowest BCUT2D eigenvalue weighted by Crippen LogP contribution is -2.16. The first-order chi connectivity index (χ1) is 4.57. The molecular weight excluding hydrogens is 134 g/mol. The second-order valence-electron chi connectivity index (χ2n) is 1.96. The van der Waals surface area contributed by atoms with Crippen molar-refractivity contribution in [2.45, 2.75) is 13.0 Å². The Balaban J connectivity index is 4.02. The van der Waals surface area contributed by atoms with Crippen molar-refractivity contribution in [1.29, 1.82) is 0 Å². The molecule has 0 radical (unpaired) electrons. The van der Waals surface area contributed by atoms with Crippen LogP contribution in [-0.4, -0.2) is 28.8 Å². The van der Waals surface area contributed by atoms with Gasteiger partial charge in [-0.25, -0.2) is 0 Å². The van der Waals surface area contributed by atoms with E-state index in [-0.39, 0.29) is 5.57 Å². The SMILES string of the molecule is CC(=CC(O)CO)C(N)=O. The van der Waals surface area contributed by atoms with Crippen molar-refractivity contribution in [3.8, 4) is 0 Å². The van der Waals surface area contributed by atoms with Crippen molar-refractivity contribution < 1.29 is 15.0 Å². The van der Waals surface area contributed by atoms with Crippen molar-refractivity contribution in [2.24, 2.45) is 5.73 Å². The molecule has 4 N–H and O–H groups in total. The summed E-state index contributed by atoms with van der Waals surface area (Å²) in [6, 6.07) is 0. The van der Waals surface area contributed by atoms with Gasteiger partial charge >= 0.3 is 0 Å². The number of aliphatic hydroxyl groups is 2. The highest BCUT2D eigenvalue weighted by atomic mass is 16.3. The number of carbonyl (C=O) groups excluding carboxylic acids is 1. The van der Waals surface area contributed by atoms with E-state index in [1.54, 1.807) is 0 Å². The lowest BCUT2D eigenvalue weighted by atomic mass is 10.2. The van der Waals surface area contributed by atoms with Crippen LogP contribution in [0, 0.1) is 0 Å². The van der Waals surface area contributed by atoms with Crippen LogP contribution >= 0.6 is 0 Å². The molecule has 58 valence electrons. The summed E-state index contributed by atoms with van der Waals surface area (Å²) in [5, 5.41) is 17.1. The molecule has 1 unspecified atom stereocenters. The highest BCUT2D eigenvalue weighted by Gasteiger charge is 2.01. The van der Waals surface area contributed by atoms with E-state index in [0.29, 0.717) is 0 Å². The second kappa shape index (κ2) is 4.03. The minimum atomic E-state index is -0.993. The summed E-state index contributed by atoms with van der Waals surface area (Å²) in [5.74, 6) is -0.590. The summed E-state index contributed by atoms with van der Waals surface area (Å²) in [4.78, 5) is 10.3. The van der Waals surface area contributed by atoms with Gasteiger partial charge in [0.05, 0.1) is 12.7 Å². The van der Waals surface area contributed by atoms with Crippen LogP contribution in [0.25, 0.3) is 0 Å². The maximum Gasteiger partial charge on any atom is 0.244 e. The molecule has 0 aliphatic carbocycles. The minimum absolute atomic E-state index is 0.251. The van der Waals surface area contributed by atoms with E-state index in [1.165, 1.54) is 13.0 Å². The molecule has 1 atom stereocenters. The fourth-order valence-corrected chi connectivity index (χ4v) is 0.423. The average molecular weight is 145 g/mol. The van der Waals surface area contributed by atoms with Crippen LogP contribution in [0.15, 0.2) is 11.6 Å². The van der Waals surface area contributed by atoms with Crippen LogP contribution in [0.2, 0.25) is 0 Å². The van der Waals surface area contributed by atoms with Gasteiger partial charge in [-0.3, -0.25) is 4.79 Å². The van der Waals surface area contributed by atoms with Gasteiger partial charge in [0.25, 0.3) is 0 Å². The number of hydrogen-bond donors (Lipinski definition) is 3. The molecule has 0 saturated carbocycles. The lowest BCUT2D eigenvalue weighted by Gasteiger charge is -2.00. The van der Waals surface area contributed by atoms with E-state index in [2.05, 4.69) is 0 Å². The molecule has 0 spiro atoms. The van der Waals surface area contributed by atoms with E-state index >= 15 is 0 Å². The first kappa shape index (κ1) is 9.13. The summed E-state index contributed by atoms with van der Waals surface area (Å²) in [5.41, 5.74) is 5.09. The molecule has 0 rings (SSSR count). The summed E-state index contributed by atoms with van der Waals surface area (Å²) < 4.78 is 0. The normalized spacial score (nSPS) is 14.9. The maximum absolute atomic E-state index is 10.3.